The summed E-state index contributed by atoms with van der Waals surface area (Å²) < 4.78 is 5.60. The van der Waals surface area contributed by atoms with Crippen molar-refractivity contribution >= 4 is 11.6 Å². The number of nitrogens with one attached hydrogen (secondary N) is 1. The zero-order chi connectivity index (χ0) is 15.3. The maximum atomic E-state index is 12.2. The molecule has 5 nitrogen and oxygen atoms in total. The molecular weight excluding hydrogens is 266 g/mol. The molecule has 1 aromatic heterocycles. The summed E-state index contributed by atoms with van der Waals surface area (Å²) in [7, 11) is 0. The van der Waals surface area contributed by atoms with Crippen molar-refractivity contribution in [3.8, 4) is 5.88 Å². The van der Waals surface area contributed by atoms with E-state index in [1.54, 1.807) is 18.3 Å². The molecule has 5 heteroatoms. The monoisotopic (exact) mass is 291 g/mol. The van der Waals surface area contributed by atoms with Gasteiger partial charge in [0.1, 0.15) is 5.69 Å². The first-order valence-electron chi connectivity index (χ1n) is 7.69. The zero-order valence-electron chi connectivity index (χ0n) is 12.9. The molecule has 1 aliphatic carbocycles. The Morgan fingerprint density at radius 3 is 2.81 bits per heavy atom. The lowest BCUT2D eigenvalue weighted by Crippen LogP contribution is -2.44. The van der Waals surface area contributed by atoms with Crippen LogP contribution in [0.3, 0.4) is 0 Å². The van der Waals surface area contributed by atoms with E-state index >= 15 is 0 Å². The number of pyridine rings is 1. The van der Waals surface area contributed by atoms with Gasteiger partial charge in [-0.05, 0) is 38.8 Å². The van der Waals surface area contributed by atoms with Crippen molar-refractivity contribution in [2.24, 2.45) is 5.73 Å². The Morgan fingerprint density at radius 1 is 1.43 bits per heavy atom. The fraction of sp³-hybridized carbons (Fsp3) is 0.625. The molecule has 0 spiro atoms. The van der Waals surface area contributed by atoms with Crippen LogP contribution in [0, 0.1) is 0 Å². The average molecular weight is 291 g/mol. The van der Waals surface area contributed by atoms with Crippen LogP contribution < -0.4 is 15.8 Å². The zero-order valence-corrected chi connectivity index (χ0v) is 12.9. The van der Waals surface area contributed by atoms with Crippen LogP contribution in [0.2, 0.25) is 0 Å². The summed E-state index contributed by atoms with van der Waals surface area (Å²) in [4.78, 5) is 16.4. The Balaban J connectivity index is 1.99. The largest absolute Gasteiger partial charge is 0.473 e. The normalized spacial score (nSPS) is 17.5. The molecule has 0 bridgehead atoms. The second kappa shape index (κ2) is 6.89. The summed E-state index contributed by atoms with van der Waals surface area (Å²) in [6, 6.07) is 3.58. The van der Waals surface area contributed by atoms with Crippen molar-refractivity contribution in [3.05, 3.63) is 18.3 Å². The highest BCUT2D eigenvalue weighted by Gasteiger charge is 2.30. The number of aromatic nitrogens is 1. The molecule has 0 radical (unpaired) electrons. The van der Waals surface area contributed by atoms with Crippen molar-refractivity contribution in [2.75, 3.05) is 5.32 Å². The van der Waals surface area contributed by atoms with E-state index in [0.29, 0.717) is 18.0 Å². The van der Waals surface area contributed by atoms with Gasteiger partial charge in [-0.3, -0.25) is 4.79 Å². The fourth-order valence-corrected chi connectivity index (χ4v) is 2.75. The first-order valence-corrected chi connectivity index (χ1v) is 7.69. The lowest BCUT2D eigenvalue weighted by molar-refractivity contribution is -0.117. The van der Waals surface area contributed by atoms with Gasteiger partial charge in [0.25, 0.3) is 0 Å². The van der Waals surface area contributed by atoms with Crippen molar-refractivity contribution in [3.63, 3.8) is 0 Å². The molecule has 0 atom stereocenters. The summed E-state index contributed by atoms with van der Waals surface area (Å²) in [6.07, 6.45) is 7.29. The first-order chi connectivity index (χ1) is 9.98. The molecule has 1 aromatic rings. The van der Waals surface area contributed by atoms with E-state index in [9.17, 15) is 4.79 Å². The number of hydrogen-bond donors (Lipinski definition) is 2. The van der Waals surface area contributed by atoms with E-state index in [1.165, 1.54) is 6.42 Å². The van der Waals surface area contributed by atoms with Crippen LogP contribution in [0.4, 0.5) is 5.69 Å². The molecule has 0 aromatic carbocycles. The van der Waals surface area contributed by atoms with Crippen molar-refractivity contribution in [1.29, 1.82) is 0 Å². The van der Waals surface area contributed by atoms with Gasteiger partial charge in [-0.25, -0.2) is 4.98 Å². The number of hydrogen-bond acceptors (Lipinski definition) is 4. The Kier molecular flexibility index (Phi) is 5.17. The van der Waals surface area contributed by atoms with Crippen LogP contribution in [0.1, 0.15) is 52.4 Å². The third-order valence-corrected chi connectivity index (χ3v) is 3.75. The van der Waals surface area contributed by atoms with Gasteiger partial charge in [-0.15, -0.1) is 0 Å². The van der Waals surface area contributed by atoms with E-state index in [2.05, 4.69) is 10.3 Å². The smallest absolute Gasteiger partial charge is 0.238 e. The third kappa shape index (κ3) is 4.70. The number of nitrogens with zero attached hydrogens (tertiary/aromatic N) is 1. The van der Waals surface area contributed by atoms with Crippen molar-refractivity contribution in [2.45, 2.75) is 64.0 Å². The van der Waals surface area contributed by atoms with Crippen LogP contribution >= 0.6 is 0 Å². The van der Waals surface area contributed by atoms with E-state index < -0.39 is 0 Å². The molecule has 1 fully saturated rings. The van der Waals surface area contributed by atoms with E-state index in [4.69, 9.17) is 10.5 Å². The van der Waals surface area contributed by atoms with Gasteiger partial charge in [0.2, 0.25) is 11.8 Å². The highest BCUT2D eigenvalue weighted by Crippen LogP contribution is 2.29. The predicted octanol–water partition coefficient (Wildman–Crippen LogP) is 2.86. The Bertz CT molecular complexity index is 482. The number of ether oxygens (including phenoxy) is 1. The topological polar surface area (TPSA) is 77.2 Å². The predicted molar refractivity (Wildman–Crippen MR) is 83.3 cm³/mol. The van der Waals surface area contributed by atoms with Gasteiger partial charge in [-0.1, -0.05) is 19.3 Å². The maximum Gasteiger partial charge on any atom is 0.238 e. The average Bonchev–Trinajstić information content (AvgIpc) is 2.40. The highest BCUT2D eigenvalue weighted by molar-refractivity contribution is 5.92. The van der Waals surface area contributed by atoms with E-state index in [1.807, 2.05) is 13.8 Å². The van der Waals surface area contributed by atoms with Crippen molar-refractivity contribution in [1.82, 2.24) is 4.98 Å². The third-order valence-electron chi connectivity index (χ3n) is 3.75. The minimum Gasteiger partial charge on any atom is -0.473 e. The molecule has 116 valence electrons. The van der Waals surface area contributed by atoms with Gasteiger partial charge in [0.15, 0.2) is 0 Å². The lowest BCUT2D eigenvalue weighted by Gasteiger charge is -2.32. The highest BCUT2D eigenvalue weighted by atomic mass is 16.5. The number of anilines is 1. The van der Waals surface area contributed by atoms with E-state index in [0.717, 1.165) is 25.7 Å². The maximum absolute atomic E-state index is 12.2. The summed E-state index contributed by atoms with van der Waals surface area (Å²) >= 11 is 0. The van der Waals surface area contributed by atoms with Gasteiger partial charge >= 0.3 is 0 Å². The summed E-state index contributed by atoms with van der Waals surface area (Å²) in [5.74, 6) is 0.386. The summed E-state index contributed by atoms with van der Waals surface area (Å²) in [5, 5.41) is 2.88. The summed E-state index contributed by atoms with van der Waals surface area (Å²) in [6.45, 7) is 3.86. The van der Waals surface area contributed by atoms with Gasteiger partial charge < -0.3 is 15.8 Å². The van der Waals surface area contributed by atoms with Gasteiger partial charge in [0.05, 0.1) is 6.10 Å². The van der Waals surface area contributed by atoms with Crippen LogP contribution in [0.15, 0.2) is 18.3 Å². The SMILES string of the molecule is CC(C)Oc1ncccc1NC(=O)CC1(N)CCCCC1. The van der Waals surface area contributed by atoms with Crippen LogP contribution in [0.5, 0.6) is 5.88 Å². The molecule has 3 N–H and O–H groups in total. The molecule has 0 saturated heterocycles. The van der Waals surface area contributed by atoms with Gasteiger partial charge in [-0.2, -0.15) is 0 Å². The minimum absolute atomic E-state index is 0.00903. The lowest BCUT2D eigenvalue weighted by atomic mass is 9.80. The Labute approximate surface area is 126 Å². The second-order valence-electron chi connectivity index (χ2n) is 6.17. The summed E-state index contributed by atoms with van der Waals surface area (Å²) in [5.41, 5.74) is 6.57. The first kappa shape index (κ1) is 15.8. The number of amides is 1. The van der Waals surface area contributed by atoms with E-state index in [-0.39, 0.29) is 17.6 Å². The van der Waals surface area contributed by atoms with Crippen LogP contribution in [-0.4, -0.2) is 22.5 Å². The number of carbonyl (C=O) groups excluding carboxylic acids is 1. The van der Waals surface area contributed by atoms with Gasteiger partial charge in [0, 0.05) is 18.2 Å². The quantitative estimate of drug-likeness (QED) is 0.874. The van der Waals surface area contributed by atoms with Crippen LogP contribution in [0.25, 0.3) is 0 Å². The molecule has 1 aliphatic rings. The molecule has 2 rings (SSSR count). The van der Waals surface area contributed by atoms with Crippen LogP contribution in [-0.2, 0) is 4.79 Å². The number of rotatable bonds is 5. The minimum atomic E-state index is -0.358. The molecule has 0 unspecified atom stereocenters. The standard InChI is InChI=1S/C16H25N3O2/c1-12(2)21-15-13(7-6-10-18-15)19-14(20)11-16(17)8-4-3-5-9-16/h6-7,10,12H,3-5,8-9,11,17H2,1-2H3,(H,19,20). The molecule has 0 aliphatic heterocycles. The second-order valence-corrected chi connectivity index (χ2v) is 6.17. The number of nitrogens with two attached hydrogens (primary N) is 1. The number of carbonyl (C=O) groups is 1. The Morgan fingerprint density at radius 2 is 2.14 bits per heavy atom. The molecule has 1 saturated carbocycles. The fourth-order valence-electron chi connectivity index (χ4n) is 2.75. The molecule has 1 amide bonds. The molecule has 21 heavy (non-hydrogen) atoms. The Hall–Kier alpha value is -1.62. The molecular formula is C16H25N3O2. The molecule has 1 heterocycles. The van der Waals surface area contributed by atoms with Crippen molar-refractivity contribution < 1.29 is 9.53 Å².